The topological polar surface area (TPSA) is 55.1 Å². The Kier molecular flexibility index (Phi) is 17.5. The van der Waals surface area contributed by atoms with Crippen LogP contribution in [0, 0.1) is 0 Å². The fourth-order valence-electron chi connectivity index (χ4n) is 1.19. The molecule has 0 spiro atoms. The summed E-state index contributed by atoms with van der Waals surface area (Å²) in [5.41, 5.74) is 5.63. The largest absolute Gasteiger partial charge is 0.366 e. The van der Waals surface area contributed by atoms with Crippen LogP contribution in [0.4, 0.5) is 0 Å². The lowest BCUT2D eigenvalue weighted by Gasteiger charge is -1.99. The third-order valence-electron chi connectivity index (χ3n) is 2.54. The number of hydrogen-bond acceptors (Lipinski definition) is 2. The van der Waals surface area contributed by atoms with E-state index in [4.69, 9.17) is 5.73 Å². The molecule has 0 aliphatic heterocycles. The number of hydrogen-bond donors (Lipinski definition) is 2. The molecule has 0 atom stereocenters. The molecule has 0 unspecified atom stereocenters. The smallest absolute Gasteiger partial charge is 0.244 e. The minimum absolute atomic E-state index is 0.316. The van der Waals surface area contributed by atoms with Crippen molar-refractivity contribution in [3.05, 3.63) is 11.6 Å². The number of unbranched alkanes of at least 4 members (excludes halogenated alkanes) is 3. The maximum Gasteiger partial charge on any atom is 0.244 e. The highest BCUT2D eigenvalue weighted by Gasteiger charge is 1.93. The summed E-state index contributed by atoms with van der Waals surface area (Å²) < 4.78 is 0. The summed E-state index contributed by atoms with van der Waals surface area (Å²) in [6.07, 6.45) is 9.12. The van der Waals surface area contributed by atoms with Crippen LogP contribution in [-0.2, 0) is 4.79 Å². The van der Waals surface area contributed by atoms with E-state index in [1.165, 1.54) is 38.8 Å². The SMILES string of the molecule is CCCC=C(C)C(N)=O.CCCCNCCCC. The van der Waals surface area contributed by atoms with Gasteiger partial charge in [0.05, 0.1) is 0 Å². The Hall–Kier alpha value is -0.830. The molecule has 0 radical (unpaired) electrons. The summed E-state index contributed by atoms with van der Waals surface area (Å²) in [5.74, 6) is -0.316. The van der Waals surface area contributed by atoms with E-state index >= 15 is 0 Å². The Morgan fingerprint density at radius 2 is 1.56 bits per heavy atom. The lowest BCUT2D eigenvalue weighted by molar-refractivity contribution is -0.114. The van der Waals surface area contributed by atoms with E-state index in [9.17, 15) is 4.79 Å². The molecule has 0 heterocycles. The maximum absolute atomic E-state index is 10.4. The number of carbonyl (C=O) groups is 1. The molecule has 0 aromatic carbocycles. The predicted octanol–water partition coefficient (Wildman–Crippen LogP) is 3.39. The van der Waals surface area contributed by atoms with Gasteiger partial charge in [0.25, 0.3) is 0 Å². The first-order valence-corrected chi connectivity index (χ1v) is 7.27. The highest BCUT2D eigenvalue weighted by molar-refractivity contribution is 5.91. The molecule has 0 aliphatic rings. The van der Waals surface area contributed by atoms with E-state index in [-0.39, 0.29) is 5.91 Å². The molecule has 0 aliphatic carbocycles. The minimum atomic E-state index is -0.316. The molecule has 0 rings (SSSR count). The zero-order valence-corrected chi connectivity index (χ0v) is 12.7. The molecular weight excluding hydrogens is 224 g/mol. The van der Waals surface area contributed by atoms with Gasteiger partial charge in [-0.15, -0.1) is 0 Å². The van der Waals surface area contributed by atoms with Crippen molar-refractivity contribution in [3.8, 4) is 0 Å². The molecule has 18 heavy (non-hydrogen) atoms. The second kappa shape index (κ2) is 16.2. The predicted molar refractivity (Wildman–Crippen MR) is 80.5 cm³/mol. The molecule has 0 bridgehead atoms. The van der Waals surface area contributed by atoms with E-state index in [2.05, 4.69) is 26.1 Å². The minimum Gasteiger partial charge on any atom is -0.366 e. The van der Waals surface area contributed by atoms with E-state index < -0.39 is 0 Å². The van der Waals surface area contributed by atoms with Gasteiger partial charge in [0.1, 0.15) is 0 Å². The van der Waals surface area contributed by atoms with Crippen molar-refractivity contribution < 1.29 is 4.79 Å². The van der Waals surface area contributed by atoms with Crippen LogP contribution in [0.5, 0.6) is 0 Å². The van der Waals surface area contributed by atoms with E-state index in [1.807, 2.05) is 6.08 Å². The molecule has 1 amide bonds. The summed E-state index contributed by atoms with van der Waals surface area (Å²) >= 11 is 0. The molecule has 0 aromatic heterocycles. The lowest BCUT2D eigenvalue weighted by Crippen LogP contribution is -2.15. The molecular formula is C15H32N2O. The molecule has 0 fully saturated rings. The number of allylic oxidation sites excluding steroid dienone is 1. The normalized spacial score (nSPS) is 10.8. The molecule has 0 saturated carbocycles. The summed E-state index contributed by atoms with van der Waals surface area (Å²) in [6.45, 7) is 10.7. The standard InChI is InChI=1S/C8H19N.C7H13NO/c1-3-5-7-9-8-6-4-2;1-3-4-5-6(2)7(8)9/h9H,3-8H2,1-2H3;5H,3-4H2,1-2H3,(H2,8,9). The third kappa shape index (κ3) is 17.6. The van der Waals surface area contributed by atoms with Gasteiger partial charge in [0.2, 0.25) is 5.91 Å². The molecule has 0 saturated heterocycles. The van der Waals surface area contributed by atoms with E-state index in [0.717, 1.165) is 12.8 Å². The van der Waals surface area contributed by atoms with Crippen molar-refractivity contribution in [2.75, 3.05) is 13.1 Å². The average molecular weight is 256 g/mol. The van der Waals surface area contributed by atoms with Gasteiger partial charge >= 0.3 is 0 Å². The Balaban J connectivity index is 0. The van der Waals surface area contributed by atoms with Crippen molar-refractivity contribution in [1.29, 1.82) is 0 Å². The Labute approximate surface area is 113 Å². The number of rotatable bonds is 9. The highest BCUT2D eigenvalue weighted by Crippen LogP contribution is 1.95. The van der Waals surface area contributed by atoms with Crippen molar-refractivity contribution >= 4 is 5.91 Å². The zero-order valence-electron chi connectivity index (χ0n) is 12.7. The van der Waals surface area contributed by atoms with Crippen LogP contribution < -0.4 is 11.1 Å². The van der Waals surface area contributed by atoms with Gasteiger partial charge in [0.15, 0.2) is 0 Å². The van der Waals surface area contributed by atoms with Crippen molar-refractivity contribution in [2.45, 2.75) is 66.2 Å². The second-order valence-electron chi connectivity index (χ2n) is 4.50. The number of carbonyl (C=O) groups excluding carboxylic acids is 1. The van der Waals surface area contributed by atoms with Crippen LogP contribution in [0.15, 0.2) is 11.6 Å². The molecule has 3 N–H and O–H groups in total. The monoisotopic (exact) mass is 256 g/mol. The summed E-state index contributed by atoms with van der Waals surface area (Å²) in [7, 11) is 0. The lowest BCUT2D eigenvalue weighted by atomic mass is 10.2. The zero-order chi connectivity index (χ0) is 14.2. The number of nitrogens with two attached hydrogens (primary N) is 1. The van der Waals surface area contributed by atoms with Crippen LogP contribution in [0.1, 0.15) is 66.2 Å². The molecule has 3 nitrogen and oxygen atoms in total. The fraction of sp³-hybridized carbons (Fsp3) is 0.800. The number of nitrogens with one attached hydrogen (secondary N) is 1. The fourth-order valence-corrected chi connectivity index (χ4v) is 1.19. The van der Waals surface area contributed by atoms with Crippen LogP contribution in [0.3, 0.4) is 0 Å². The maximum atomic E-state index is 10.4. The Morgan fingerprint density at radius 1 is 1.06 bits per heavy atom. The summed E-state index contributed by atoms with van der Waals surface area (Å²) in [6, 6.07) is 0. The van der Waals surface area contributed by atoms with Gasteiger partial charge in [0, 0.05) is 5.57 Å². The second-order valence-corrected chi connectivity index (χ2v) is 4.50. The van der Waals surface area contributed by atoms with Crippen molar-refractivity contribution in [2.24, 2.45) is 5.73 Å². The Bertz CT molecular complexity index is 207. The number of primary amides is 1. The summed E-state index contributed by atoms with van der Waals surface area (Å²) in [5, 5.41) is 3.39. The summed E-state index contributed by atoms with van der Waals surface area (Å²) in [4.78, 5) is 10.4. The quantitative estimate of drug-likeness (QED) is 0.491. The van der Waals surface area contributed by atoms with Crippen molar-refractivity contribution in [3.63, 3.8) is 0 Å². The first-order chi connectivity index (χ1) is 8.59. The highest BCUT2D eigenvalue weighted by atomic mass is 16.1. The molecule has 3 heteroatoms. The van der Waals surface area contributed by atoms with Crippen LogP contribution in [0.2, 0.25) is 0 Å². The Morgan fingerprint density at radius 3 is 1.89 bits per heavy atom. The van der Waals surface area contributed by atoms with Gasteiger partial charge in [-0.05, 0) is 39.3 Å². The molecule has 108 valence electrons. The van der Waals surface area contributed by atoms with Gasteiger partial charge in [-0.2, -0.15) is 0 Å². The first kappa shape index (κ1) is 19.5. The number of amides is 1. The van der Waals surface area contributed by atoms with Gasteiger partial charge < -0.3 is 11.1 Å². The van der Waals surface area contributed by atoms with Gasteiger partial charge in [-0.3, -0.25) is 4.79 Å². The van der Waals surface area contributed by atoms with E-state index in [1.54, 1.807) is 6.92 Å². The van der Waals surface area contributed by atoms with Gasteiger partial charge in [-0.25, -0.2) is 0 Å². The van der Waals surface area contributed by atoms with E-state index in [0.29, 0.717) is 5.57 Å². The first-order valence-electron chi connectivity index (χ1n) is 7.27. The van der Waals surface area contributed by atoms with Crippen LogP contribution >= 0.6 is 0 Å². The van der Waals surface area contributed by atoms with Gasteiger partial charge in [-0.1, -0.05) is 46.1 Å². The van der Waals surface area contributed by atoms with Crippen molar-refractivity contribution in [1.82, 2.24) is 5.32 Å². The third-order valence-corrected chi connectivity index (χ3v) is 2.54. The average Bonchev–Trinajstić information content (AvgIpc) is 2.36. The molecule has 0 aromatic rings. The van der Waals surface area contributed by atoms with Crippen LogP contribution in [-0.4, -0.2) is 19.0 Å². The van der Waals surface area contributed by atoms with Crippen LogP contribution in [0.25, 0.3) is 0 Å².